The van der Waals surface area contributed by atoms with Crippen LogP contribution in [0.15, 0.2) is 72.8 Å². The van der Waals surface area contributed by atoms with Gasteiger partial charge in [0, 0.05) is 0 Å². The molecule has 0 aromatic heterocycles. The van der Waals surface area contributed by atoms with Gasteiger partial charge in [-0.1, -0.05) is 67.2 Å². The fourth-order valence-corrected chi connectivity index (χ4v) is 3.48. The summed E-state index contributed by atoms with van der Waals surface area (Å²) < 4.78 is 11.1. The molecule has 3 rings (SSSR count). The van der Waals surface area contributed by atoms with Crippen molar-refractivity contribution in [1.29, 1.82) is 0 Å². The minimum Gasteiger partial charge on any atom is -0.468 e. The third-order valence-electron chi connectivity index (χ3n) is 4.81. The number of aryl methyl sites for hydroxylation is 1. The van der Waals surface area contributed by atoms with Crippen molar-refractivity contribution in [3.05, 3.63) is 83.9 Å². The van der Waals surface area contributed by atoms with Crippen molar-refractivity contribution in [3.8, 4) is 0 Å². The fourth-order valence-electron chi connectivity index (χ4n) is 3.48. The van der Waals surface area contributed by atoms with Crippen LogP contribution in [-0.2, 0) is 20.7 Å². The third kappa shape index (κ3) is 2.87. The molecule has 0 unspecified atom stereocenters. The zero-order chi connectivity index (χ0) is 17.0. The zero-order valence-corrected chi connectivity index (χ0v) is 13.9. The van der Waals surface area contributed by atoms with Crippen LogP contribution < -0.4 is 0 Å². The Balaban J connectivity index is 1.96. The molecule has 1 aliphatic heterocycles. The highest BCUT2D eigenvalue weighted by molar-refractivity contribution is 5.82. The Morgan fingerprint density at radius 3 is 2.42 bits per heavy atom. The van der Waals surface area contributed by atoms with Crippen LogP contribution in [0.3, 0.4) is 0 Å². The van der Waals surface area contributed by atoms with Gasteiger partial charge in [-0.25, -0.2) is 0 Å². The number of hydrogen-bond acceptors (Lipinski definition) is 3. The van der Waals surface area contributed by atoms with Gasteiger partial charge in [-0.05, 0) is 29.5 Å². The van der Waals surface area contributed by atoms with Crippen LogP contribution >= 0.6 is 0 Å². The van der Waals surface area contributed by atoms with Gasteiger partial charge in [0.25, 0.3) is 0 Å². The number of benzene rings is 2. The lowest BCUT2D eigenvalue weighted by atomic mass is 9.71. The predicted molar refractivity (Wildman–Crippen MR) is 93.5 cm³/mol. The van der Waals surface area contributed by atoms with Gasteiger partial charge in [0.15, 0.2) is 0 Å². The molecule has 24 heavy (non-hydrogen) atoms. The van der Waals surface area contributed by atoms with E-state index in [0.29, 0.717) is 13.0 Å². The van der Waals surface area contributed by atoms with Crippen LogP contribution in [0.5, 0.6) is 0 Å². The number of ether oxygens (including phenoxy) is 2. The second kappa shape index (κ2) is 7.02. The highest BCUT2D eigenvalue weighted by Gasteiger charge is 2.54. The molecular weight excluding hydrogens is 300 g/mol. The van der Waals surface area contributed by atoms with Crippen molar-refractivity contribution in [2.75, 3.05) is 13.7 Å². The first kappa shape index (κ1) is 16.5. The summed E-state index contributed by atoms with van der Waals surface area (Å²) in [7, 11) is 1.43. The Kier molecular flexibility index (Phi) is 4.81. The molecule has 2 aromatic carbocycles. The zero-order valence-electron chi connectivity index (χ0n) is 13.9. The number of methoxy groups -OCH3 is 1. The van der Waals surface area contributed by atoms with Crippen molar-refractivity contribution in [3.63, 3.8) is 0 Å². The van der Waals surface area contributed by atoms with Gasteiger partial charge in [0.2, 0.25) is 0 Å². The quantitative estimate of drug-likeness (QED) is 0.614. The molecule has 1 aliphatic rings. The summed E-state index contributed by atoms with van der Waals surface area (Å²) in [5.41, 5.74) is 2.12. The van der Waals surface area contributed by atoms with Crippen LogP contribution in [0.4, 0.5) is 0 Å². The van der Waals surface area contributed by atoms with Crippen molar-refractivity contribution in [1.82, 2.24) is 0 Å². The highest BCUT2D eigenvalue weighted by atomic mass is 16.5. The maximum absolute atomic E-state index is 12.8. The minimum absolute atomic E-state index is 0.269. The Labute approximate surface area is 142 Å². The molecule has 124 valence electrons. The summed E-state index contributed by atoms with van der Waals surface area (Å²) in [5.74, 6) is -0.269. The minimum atomic E-state index is -0.841. The van der Waals surface area contributed by atoms with Crippen molar-refractivity contribution in [2.24, 2.45) is 5.41 Å². The van der Waals surface area contributed by atoms with E-state index in [1.165, 1.54) is 12.7 Å². The van der Waals surface area contributed by atoms with Crippen LogP contribution in [0, 0.1) is 5.41 Å². The molecule has 1 heterocycles. The number of carbonyl (C=O) groups is 1. The maximum atomic E-state index is 12.8. The molecule has 0 radical (unpaired) electrons. The topological polar surface area (TPSA) is 35.5 Å². The number of rotatable bonds is 5. The Hall–Kier alpha value is -2.39. The molecule has 1 saturated heterocycles. The van der Waals surface area contributed by atoms with Gasteiger partial charge in [0.05, 0.1) is 13.7 Å². The predicted octanol–water partition coefficient (Wildman–Crippen LogP) is 4.11. The van der Waals surface area contributed by atoms with Gasteiger partial charge in [-0.15, -0.1) is 0 Å². The lowest BCUT2D eigenvalue weighted by Gasteiger charge is -2.32. The smallest absolute Gasteiger partial charge is 0.319 e. The van der Waals surface area contributed by atoms with E-state index in [1.54, 1.807) is 0 Å². The van der Waals surface area contributed by atoms with Crippen LogP contribution in [0.25, 0.3) is 0 Å². The fraction of sp³-hybridized carbons (Fsp3) is 0.286. The van der Waals surface area contributed by atoms with Gasteiger partial charge in [-0.3, -0.25) is 4.79 Å². The third-order valence-corrected chi connectivity index (χ3v) is 4.81. The van der Waals surface area contributed by atoms with Crippen molar-refractivity contribution >= 4 is 5.97 Å². The Morgan fingerprint density at radius 2 is 1.79 bits per heavy atom. The van der Waals surface area contributed by atoms with E-state index < -0.39 is 5.41 Å². The van der Waals surface area contributed by atoms with E-state index >= 15 is 0 Å². The van der Waals surface area contributed by atoms with E-state index in [-0.39, 0.29) is 12.1 Å². The second-order valence-electron chi connectivity index (χ2n) is 6.15. The van der Waals surface area contributed by atoms with Gasteiger partial charge >= 0.3 is 5.97 Å². The van der Waals surface area contributed by atoms with E-state index in [2.05, 4.69) is 18.7 Å². The molecule has 3 heteroatoms. The number of esters is 1. The van der Waals surface area contributed by atoms with Crippen molar-refractivity contribution < 1.29 is 14.3 Å². The van der Waals surface area contributed by atoms with Crippen LogP contribution in [-0.4, -0.2) is 19.7 Å². The van der Waals surface area contributed by atoms with Crippen molar-refractivity contribution in [2.45, 2.75) is 18.9 Å². The monoisotopic (exact) mass is 322 g/mol. The molecule has 3 nitrogen and oxygen atoms in total. The van der Waals surface area contributed by atoms with E-state index in [1.807, 2.05) is 48.5 Å². The molecule has 0 bridgehead atoms. The largest absolute Gasteiger partial charge is 0.468 e. The summed E-state index contributed by atoms with van der Waals surface area (Å²) in [6, 6.07) is 20.0. The average Bonchev–Trinajstić information content (AvgIpc) is 2.98. The Bertz CT molecular complexity index is 708. The number of carbonyl (C=O) groups excluding carboxylic acids is 1. The molecule has 0 amide bonds. The van der Waals surface area contributed by atoms with Crippen LogP contribution in [0.1, 0.15) is 23.7 Å². The van der Waals surface area contributed by atoms with E-state index in [4.69, 9.17) is 9.47 Å². The molecule has 0 N–H and O–H groups in total. The average molecular weight is 322 g/mol. The lowest BCUT2D eigenvalue weighted by Crippen LogP contribution is -2.37. The summed E-state index contributed by atoms with van der Waals surface area (Å²) in [5, 5.41) is 0. The molecular formula is C21H22O3. The van der Waals surface area contributed by atoms with Gasteiger partial charge in [-0.2, -0.15) is 0 Å². The summed E-state index contributed by atoms with van der Waals surface area (Å²) in [6.07, 6.45) is 1.02. The molecule has 1 fully saturated rings. The molecule has 2 atom stereocenters. The first-order valence-electron chi connectivity index (χ1n) is 8.15. The normalized spacial score (nSPS) is 23.2. The second-order valence-corrected chi connectivity index (χ2v) is 6.15. The Morgan fingerprint density at radius 1 is 1.17 bits per heavy atom. The number of hydrogen-bond donors (Lipinski definition) is 0. The van der Waals surface area contributed by atoms with Crippen LogP contribution in [0.2, 0.25) is 0 Å². The van der Waals surface area contributed by atoms with Gasteiger partial charge in [0.1, 0.15) is 11.5 Å². The molecule has 0 aliphatic carbocycles. The lowest BCUT2D eigenvalue weighted by molar-refractivity contribution is -0.155. The standard InChI is InChI=1S/C21H22O3/c1-16-15-24-19(18-11-7-4-8-12-18)21(16,20(22)23-2)14-13-17-9-5-3-6-10-17/h3-12,19H,1,13-15H2,2H3/t19-,21+/m0/s1. The van der Waals surface area contributed by atoms with E-state index in [9.17, 15) is 4.79 Å². The first-order valence-corrected chi connectivity index (χ1v) is 8.15. The first-order chi connectivity index (χ1) is 11.7. The molecule has 0 spiro atoms. The summed E-state index contributed by atoms with van der Waals surface area (Å²) in [6.45, 7) is 4.52. The molecule has 2 aromatic rings. The maximum Gasteiger partial charge on any atom is 0.319 e. The molecule has 0 saturated carbocycles. The highest BCUT2D eigenvalue weighted by Crippen LogP contribution is 2.51. The SMILES string of the molecule is C=C1CO[C@@H](c2ccccc2)[C@]1(CCc1ccccc1)C(=O)OC. The summed E-state index contributed by atoms with van der Waals surface area (Å²) >= 11 is 0. The summed E-state index contributed by atoms with van der Waals surface area (Å²) in [4.78, 5) is 12.8. The van der Waals surface area contributed by atoms with E-state index in [0.717, 1.165) is 17.6 Å². The van der Waals surface area contributed by atoms with Gasteiger partial charge < -0.3 is 9.47 Å².